The number of nitrogens with zero attached hydrogens (tertiary/aromatic N) is 3. The van der Waals surface area contributed by atoms with Gasteiger partial charge in [0.2, 0.25) is 5.95 Å². The number of nitrogens with one attached hydrogen (secondary N) is 2. The highest BCUT2D eigenvalue weighted by molar-refractivity contribution is 5.58. The van der Waals surface area contributed by atoms with E-state index in [0.29, 0.717) is 11.6 Å². The average Bonchev–Trinajstić information content (AvgIpc) is 2.49. The zero-order chi connectivity index (χ0) is 13.9. The van der Waals surface area contributed by atoms with Crippen LogP contribution in [0.4, 0.5) is 5.95 Å². The third kappa shape index (κ3) is 2.55. The van der Waals surface area contributed by atoms with Gasteiger partial charge >= 0.3 is 0 Å². The van der Waals surface area contributed by atoms with Crippen molar-refractivity contribution in [3.63, 3.8) is 0 Å². The first-order valence-corrected chi connectivity index (χ1v) is 6.74. The fraction of sp³-hybridized carbons (Fsp3) is 0.357. The Labute approximate surface area is 116 Å². The van der Waals surface area contributed by atoms with Crippen LogP contribution in [-0.2, 0) is 0 Å². The maximum atomic E-state index is 12.2. The number of benzene rings is 1. The van der Waals surface area contributed by atoms with Crippen LogP contribution < -0.4 is 15.8 Å². The summed E-state index contributed by atoms with van der Waals surface area (Å²) in [6.45, 7) is 5.45. The first-order valence-electron chi connectivity index (χ1n) is 6.74. The molecule has 0 radical (unpaired) electrons. The Morgan fingerprint density at radius 2 is 1.80 bits per heavy atom. The normalized spacial score (nSPS) is 15.3. The number of aromatic nitrogens is 3. The number of hydrogen-bond donors (Lipinski definition) is 2. The molecule has 0 bridgehead atoms. The van der Waals surface area contributed by atoms with Gasteiger partial charge in [-0.2, -0.15) is 0 Å². The van der Waals surface area contributed by atoms with E-state index in [1.54, 1.807) is 0 Å². The highest BCUT2D eigenvalue weighted by Gasteiger charge is 2.14. The van der Waals surface area contributed by atoms with Crippen LogP contribution in [0.5, 0.6) is 0 Å². The summed E-state index contributed by atoms with van der Waals surface area (Å²) in [5, 5.41) is 11.5. The standard InChI is InChI=1S/C14H17N5O/c1-10-2-4-11(5-3-10)12-13(20)16-14(18-17-12)19-8-6-15-7-9-19/h2-5,15H,6-9H2,1H3,(H,16,18,20). The molecule has 2 aromatic rings. The molecule has 0 unspecified atom stereocenters. The minimum Gasteiger partial charge on any atom is -0.338 e. The lowest BCUT2D eigenvalue weighted by molar-refractivity contribution is 0.576. The van der Waals surface area contributed by atoms with Gasteiger partial charge < -0.3 is 10.2 Å². The second-order valence-electron chi connectivity index (χ2n) is 4.93. The topological polar surface area (TPSA) is 73.9 Å². The lowest BCUT2D eigenvalue weighted by Gasteiger charge is -2.27. The van der Waals surface area contributed by atoms with Gasteiger partial charge in [-0.15, -0.1) is 10.2 Å². The van der Waals surface area contributed by atoms with Crippen LogP contribution in [0.2, 0.25) is 0 Å². The number of anilines is 1. The summed E-state index contributed by atoms with van der Waals surface area (Å²) in [6.07, 6.45) is 0. The molecule has 0 spiro atoms. The number of aromatic amines is 1. The van der Waals surface area contributed by atoms with E-state index in [9.17, 15) is 4.79 Å². The largest absolute Gasteiger partial charge is 0.338 e. The van der Waals surface area contributed by atoms with E-state index in [-0.39, 0.29) is 5.56 Å². The van der Waals surface area contributed by atoms with Gasteiger partial charge in [0.1, 0.15) is 0 Å². The van der Waals surface area contributed by atoms with Crippen molar-refractivity contribution in [2.45, 2.75) is 6.92 Å². The molecular formula is C14H17N5O. The number of hydrogen-bond acceptors (Lipinski definition) is 5. The first kappa shape index (κ1) is 12.8. The highest BCUT2D eigenvalue weighted by Crippen LogP contribution is 2.14. The van der Waals surface area contributed by atoms with Gasteiger partial charge in [-0.05, 0) is 6.92 Å². The van der Waals surface area contributed by atoms with E-state index in [4.69, 9.17) is 0 Å². The summed E-state index contributed by atoms with van der Waals surface area (Å²) in [7, 11) is 0. The summed E-state index contributed by atoms with van der Waals surface area (Å²) in [6, 6.07) is 7.69. The summed E-state index contributed by atoms with van der Waals surface area (Å²) < 4.78 is 0. The third-order valence-electron chi connectivity index (χ3n) is 3.43. The maximum absolute atomic E-state index is 12.2. The molecule has 1 aliphatic heterocycles. The van der Waals surface area contributed by atoms with Crippen molar-refractivity contribution in [2.24, 2.45) is 0 Å². The van der Waals surface area contributed by atoms with Crippen molar-refractivity contribution in [3.8, 4) is 11.3 Å². The Kier molecular flexibility index (Phi) is 3.47. The molecule has 0 aliphatic carbocycles. The molecule has 1 aromatic heterocycles. The summed E-state index contributed by atoms with van der Waals surface area (Å²) >= 11 is 0. The minimum atomic E-state index is -0.197. The Balaban J connectivity index is 1.91. The van der Waals surface area contributed by atoms with Crippen molar-refractivity contribution >= 4 is 5.95 Å². The van der Waals surface area contributed by atoms with Gasteiger partial charge in [-0.1, -0.05) is 29.8 Å². The van der Waals surface area contributed by atoms with Crippen LogP contribution in [0, 0.1) is 6.92 Å². The van der Waals surface area contributed by atoms with Crippen LogP contribution in [0.3, 0.4) is 0 Å². The molecule has 0 saturated carbocycles. The molecule has 3 rings (SSSR count). The predicted octanol–water partition coefficient (Wildman–Crippen LogP) is 0.550. The van der Waals surface area contributed by atoms with Gasteiger partial charge in [0.05, 0.1) is 0 Å². The van der Waals surface area contributed by atoms with Crippen molar-refractivity contribution in [1.29, 1.82) is 0 Å². The van der Waals surface area contributed by atoms with Crippen molar-refractivity contribution in [2.75, 3.05) is 31.1 Å². The lowest BCUT2D eigenvalue weighted by atomic mass is 10.1. The molecular weight excluding hydrogens is 254 g/mol. The zero-order valence-electron chi connectivity index (χ0n) is 11.4. The van der Waals surface area contributed by atoms with E-state index in [0.717, 1.165) is 37.3 Å². The lowest BCUT2D eigenvalue weighted by Crippen LogP contribution is -2.45. The number of rotatable bonds is 2. The van der Waals surface area contributed by atoms with Gasteiger partial charge in [-0.25, -0.2) is 0 Å². The van der Waals surface area contributed by atoms with Gasteiger partial charge in [0.25, 0.3) is 5.56 Å². The molecule has 2 N–H and O–H groups in total. The van der Waals surface area contributed by atoms with Gasteiger partial charge in [0, 0.05) is 31.7 Å². The Bertz CT molecular complexity index is 643. The summed E-state index contributed by atoms with van der Waals surface area (Å²) in [5.74, 6) is 0.548. The molecule has 104 valence electrons. The molecule has 1 aromatic carbocycles. The van der Waals surface area contributed by atoms with Gasteiger partial charge in [-0.3, -0.25) is 9.78 Å². The smallest absolute Gasteiger partial charge is 0.279 e. The molecule has 1 saturated heterocycles. The van der Waals surface area contributed by atoms with E-state index >= 15 is 0 Å². The molecule has 6 heteroatoms. The fourth-order valence-corrected chi connectivity index (χ4v) is 2.25. The van der Waals surface area contributed by atoms with E-state index in [1.807, 2.05) is 36.1 Å². The second kappa shape index (κ2) is 5.42. The Morgan fingerprint density at radius 1 is 1.10 bits per heavy atom. The Hall–Kier alpha value is -2.21. The third-order valence-corrected chi connectivity index (χ3v) is 3.43. The van der Waals surface area contributed by atoms with Crippen LogP contribution in [0.15, 0.2) is 29.1 Å². The van der Waals surface area contributed by atoms with E-state index < -0.39 is 0 Å². The van der Waals surface area contributed by atoms with Crippen molar-refractivity contribution in [1.82, 2.24) is 20.5 Å². The monoisotopic (exact) mass is 271 g/mol. The molecule has 20 heavy (non-hydrogen) atoms. The summed E-state index contributed by atoms with van der Waals surface area (Å²) in [5.41, 5.74) is 2.10. The zero-order valence-corrected chi connectivity index (χ0v) is 11.4. The van der Waals surface area contributed by atoms with Crippen molar-refractivity contribution in [3.05, 3.63) is 40.2 Å². The van der Waals surface area contributed by atoms with Crippen LogP contribution in [0.25, 0.3) is 11.3 Å². The number of piperazine rings is 1. The first-order chi connectivity index (χ1) is 9.74. The van der Waals surface area contributed by atoms with Crippen LogP contribution in [0.1, 0.15) is 5.56 Å². The average molecular weight is 271 g/mol. The molecule has 0 atom stereocenters. The predicted molar refractivity (Wildman–Crippen MR) is 77.9 cm³/mol. The number of H-pyrrole nitrogens is 1. The van der Waals surface area contributed by atoms with E-state index in [2.05, 4.69) is 20.5 Å². The Morgan fingerprint density at radius 3 is 2.45 bits per heavy atom. The SMILES string of the molecule is Cc1ccc(-c2nnc(N3CCNCC3)[nH]c2=O)cc1. The van der Waals surface area contributed by atoms with Gasteiger partial charge in [0.15, 0.2) is 5.69 Å². The molecule has 0 amide bonds. The van der Waals surface area contributed by atoms with E-state index in [1.165, 1.54) is 0 Å². The number of aryl methyl sites for hydroxylation is 1. The van der Waals surface area contributed by atoms with Crippen molar-refractivity contribution < 1.29 is 0 Å². The quantitative estimate of drug-likeness (QED) is 0.834. The fourth-order valence-electron chi connectivity index (χ4n) is 2.25. The van der Waals surface area contributed by atoms with Crippen LogP contribution >= 0.6 is 0 Å². The molecule has 6 nitrogen and oxygen atoms in total. The minimum absolute atomic E-state index is 0.197. The highest BCUT2D eigenvalue weighted by atomic mass is 16.1. The maximum Gasteiger partial charge on any atom is 0.279 e. The molecule has 1 fully saturated rings. The molecule has 2 heterocycles. The van der Waals surface area contributed by atoms with Crippen LogP contribution in [-0.4, -0.2) is 41.4 Å². The molecule has 1 aliphatic rings. The summed E-state index contributed by atoms with van der Waals surface area (Å²) in [4.78, 5) is 17.0. The second-order valence-corrected chi connectivity index (χ2v) is 4.93.